The molecule has 0 saturated heterocycles. The highest BCUT2D eigenvalue weighted by molar-refractivity contribution is 6.32. The molecule has 0 aliphatic carbocycles. The Balaban J connectivity index is 2.56. The molecule has 0 saturated carbocycles. The number of rotatable bonds is 5. The summed E-state index contributed by atoms with van der Waals surface area (Å²) in [5.41, 5.74) is 0.318. The molecule has 4 heteroatoms. The number of ether oxygens (including phenoxy) is 2. The number of hydrogen-bond acceptors (Lipinski definition) is 3. The highest BCUT2D eigenvalue weighted by Gasteiger charge is 2.16. The lowest BCUT2D eigenvalue weighted by Crippen LogP contribution is -2.25. The van der Waals surface area contributed by atoms with Crippen LogP contribution in [0.1, 0.15) is 25.8 Å². The molecule has 0 N–H and O–H groups in total. The fourth-order valence-electron chi connectivity index (χ4n) is 1.20. The minimum atomic E-state index is -0.209. The Kier molecular flexibility index (Phi) is 4.80. The molecule has 1 aromatic carbocycles. The Hall–Kier alpha value is -1.24. The third-order valence-electron chi connectivity index (χ3n) is 2.58. The van der Waals surface area contributed by atoms with Gasteiger partial charge in [-0.25, -0.2) is 0 Å². The molecule has 0 fully saturated rings. The Bertz CT molecular complexity index is 424. The summed E-state index contributed by atoms with van der Waals surface area (Å²) in [5.74, 6) is 0.595. The predicted molar refractivity (Wildman–Crippen MR) is 67.4 cm³/mol. The van der Waals surface area contributed by atoms with Gasteiger partial charge >= 0.3 is 0 Å². The summed E-state index contributed by atoms with van der Waals surface area (Å²) in [4.78, 5) is 0. The maximum absolute atomic E-state index is 8.70. The molecule has 0 aliphatic heterocycles. The van der Waals surface area contributed by atoms with Crippen LogP contribution in [-0.4, -0.2) is 19.3 Å². The summed E-state index contributed by atoms with van der Waals surface area (Å²) in [6.45, 7) is 4.51. The third-order valence-corrected chi connectivity index (χ3v) is 2.87. The van der Waals surface area contributed by atoms with Crippen molar-refractivity contribution in [3.63, 3.8) is 0 Å². The second-order valence-corrected chi connectivity index (χ2v) is 4.73. The van der Waals surface area contributed by atoms with Crippen molar-refractivity contribution in [3.05, 3.63) is 28.8 Å². The van der Waals surface area contributed by atoms with Crippen LogP contribution in [-0.2, 0) is 4.74 Å². The standard InChI is InChI=1S/C13H16ClNO2/c1-13(2,16-3)6-7-17-12-5-4-10(9-15)8-11(12)14/h4-5,8H,6-7H2,1-3H3. The quantitative estimate of drug-likeness (QED) is 0.808. The van der Waals surface area contributed by atoms with Gasteiger partial charge in [-0.05, 0) is 32.0 Å². The van der Waals surface area contributed by atoms with Crippen molar-refractivity contribution in [2.24, 2.45) is 0 Å². The maximum atomic E-state index is 8.70. The van der Waals surface area contributed by atoms with Gasteiger partial charge in [0, 0.05) is 13.5 Å². The first-order valence-corrected chi connectivity index (χ1v) is 5.74. The van der Waals surface area contributed by atoms with E-state index in [1.165, 1.54) is 0 Å². The summed E-state index contributed by atoms with van der Waals surface area (Å²) in [6, 6.07) is 7.01. The van der Waals surface area contributed by atoms with Gasteiger partial charge in [-0.1, -0.05) is 11.6 Å². The van der Waals surface area contributed by atoms with Crippen molar-refractivity contribution in [3.8, 4) is 11.8 Å². The number of nitrogens with zero attached hydrogens (tertiary/aromatic N) is 1. The maximum Gasteiger partial charge on any atom is 0.137 e. The van der Waals surface area contributed by atoms with Crippen LogP contribution in [0.2, 0.25) is 5.02 Å². The van der Waals surface area contributed by atoms with Crippen LogP contribution in [0.25, 0.3) is 0 Å². The van der Waals surface area contributed by atoms with Gasteiger partial charge in [-0.3, -0.25) is 0 Å². The number of nitriles is 1. The molecule has 0 radical (unpaired) electrons. The minimum absolute atomic E-state index is 0.209. The third kappa shape index (κ3) is 4.26. The van der Waals surface area contributed by atoms with Crippen molar-refractivity contribution in [1.82, 2.24) is 0 Å². The number of methoxy groups -OCH3 is 1. The van der Waals surface area contributed by atoms with E-state index in [0.29, 0.717) is 22.9 Å². The monoisotopic (exact) mass is 253 g/mol. The summed E-state index contributed by atoms with van der Waals surface area (Å²) in [6.07, 6.45) is 0.764. The van der Waals surface area contributed by atoms with Crippen LogP contribution in [0.3, 0.4) is 0 Å². The zero-order valence-corrected chi connectivity index (χ0v) is 11.0. The number of hydrogen-bond donors (Lipinski definition) is 0. The molecule has 1 rings (SSSR count). The van der Waals surface area contributed by atoms with Gasteiger partial charge in [0.1, 0.15) is 5.75 Å². The molecule has 0 amide bonds. The number of benzene rings is 1. The molecule has 0 aromatic heterocycles. The molecule has 0 bridgehead atoms. The Morgan fingerprint density at radius 1 is 1.41 bits per heavy atom. The zero-order valence-electron chi connectivity index (χ0n) is 10.3. The predicted octanol–water partition coefficient (Wildman–Crippen LogP) is 3.41. The molecule has 0 atom stereocenters. The van der Waals surface area contributed by atoms with Crippen LogP contribution in [0, 0.1) is 11.3 Å². The fraction of sp³-hybridized carbons (Fsp3) is 0.462. The zero-order chi connectivity index (χ0) is 12.9. The van der Waals surface area contributed by atoms with Gasteiger partial charge in [0.2, 0.25) is 0 Å². The van der Waals surface area contributed by atoms with Crippen molar-refractivity contribution in [2.45, 2.75) is 25.9 Å². The van der Waals surface area contributed by atoms with E-state index in [-0.39, 0.29) is 5.60 Å². The largest absolute Gasteiger partial charge is 0.492 e. The summed E-state index contributed by atoms with van der Waals surface area (Å²) in [7, 11) is 1.68. The molecule has 1 aromatic rings. The van der Waals surface area contributed by atoms with Gasteiger partial charge < -0.3 is 9.47 Å². The van der Waals surface area contributed by atoms with E-state index in [2.05, 4.69) is 0 Å². The van der Waals surface area contributed by atoms with Crippen LogP contribution in [0.15, 0.2) is 18.2 Å². The van der Waals surface area contributed by atoms with E-state index >= 15 is 0 Å². The van der Waals surface area contributed by atoms with E-state index in [9.17, 15) is 0 Å². The highest BCUT2D eigenvalue weighted by atomic mass is 35.5. The first-order chi connectivity index (χ1) is 7.98. The Morgan fingerprint density at radius 3 is 2.65 bits per heavy atom. The fourth-order valence-corrected chi connectivity index (χ4v) is 1.43. The van der Waals surface area contributed by atoms with E-state index in [1.807, 2.05) is 19.9 Å². The SMILES string of the molecule is COC(C)(C)CCOc1ccc(C#N)cc1Cl. The van der Waals surface area contributed by atoms with E-state index in [0.717, 1.165) is 6.42 Å². The van der Waals surface area contributed by atoms with Gasteiger partial charge in [-0.2, -0.15) is 5.26 Å². The second-order valence-electron chi connectivity index (χ2n) is 4.32. The Labute approximate surface area is 107 Å². The molecular weight excluding hydrogens is 238 g/mol. The van der Waals surface area contributed by atoms with Gasteiger partial charge in [0.25, 0.3) is 0 Å². The smallest absolute Gasteiger partial charge is 0.137 e. The first-order valence-electron chi connectivity index (χ1n) is 5.36. The van der Waals surface area contributed by atoms with Crippen molar-refractivity contribution < 1.29 is 9.47 Å². The molecule has 92 valence electrons. The van der Waals surface area contributed by atoms with E-state index < -0.39 is 0 Å². The Morgan fingerprint density at radius 2 is 2.12 bits per heavy atom. The van der Waals surface area contributed by atoms with Crippen LogP contribution in [0.5, 0.6) is 5.75 Å². The molecule has 17 heavy (non-hydrogen) atoms. The van der Waals surface area contributed by atoms with Crippen molar-refractivity contribution in [2.75, 3.05) is 13.7 Å². The van der Waals surface area contributed by atoms with Crippen LogP contribution >= 0.6 is 11.6 Å². The molecule has 0 heterocycles. The molecule has 0 aliphatic rings. The van der Waals surface area contributed by atoms with E-state index in [4.69, 9.17) is 26.3 Å². The molecule has 0 unspecified atom stereocenters. The summed E-state index contributed by atoms with van der Waals surface area (Å²) < 4.78 is 10.8. The molecular formula is C13H16ClNO2. The van der Waals surface area contributed by atoms with Gasteiger partial charge in [-0.15, -0.1) is 0 Å². The minimum Gasteiger partial charge on any atom is -0.492 e. The second kappa shape index (κ2) is 5.90. The molecule has 3 nitrogen and oxygen atoms in total. The topological polar surface area (TPSA) is 42.2 Å². The van der Waals surface area contributed by atoms with Gasteiger partial charge in [0.15, 0.2) is 0 Å². The highest BCUT2D eigenvalue weighted by Crippen LogP contribution is 2.26. The summed E-state index contributed by atoms with van der Waals surface area (Å²) in [5, 5.41) is 9.16. The van der Waals surface area contributed by atoms with Crippen molar-refractivity contribution >= 4 is 11.6 Å². The first kappa shape index (κ1) is 13.8. The number of halogens is 1. The normalized spacial score (nSPS) is 11.0. The lowest BCUT2D eigenvalue weighted by molar-refractivity contribution is 0.00546. The lowest BCUT2D eigenvalue weighted by atomic mass is 10.1. The van der Waals surface area contributed by atoms with Gasteiger partial charge in [0.05, 0.1) is 28.9 Å². The lowest BCUT2D eigenvalue weighted by Gasteiger charge is -2.22. The van der Waals surface area contributed by atoms with Crippen LogP contribution < -0.4 is 4.74 Å². The molecule has 0 spiro atoms. The van der Waals surface area contributed by atoms with E-state index in [1.54, 1.807) is 25.3 Å². The average molecular weight is 254 g/mol. The van der Waals surface area contributed by atoms with Crippen molar-refractivity contribution in [1.29, 1.82) is 5.26 Å². The van der Waals surface area contributed by atoms with Crippen LogP contribution in [0.4, 0.5) is 0 Å². The average Bonchev–Trinajstić information content (AvgIpc) is 2.31. The summed E-state index contributed by atoms with van der Waals surface area (Å²) >= 11 is 5.98.